The van der Waals surface area contributed by atoms with Gasteiger partial charge in [-0.15, -0.1) is 0 Å². The molecule has 3 aromatic rings. The van der Waals surface area contributed by atoms with Gasteiger partial charge in [-0.3, -0.25) is 9.59 Å². The first-order valence-corrected chi connectivity index (χ1v) is 9.44. The minimum atomic E-state index is -0.339. The van der Waals surface area contributed by atoms with E-state index in [1.54, 1.807) is 4.90 Å². The Morgan fingerprint density at radius 1 is 1.22 bits per heavy atom. The lowest BCUT2D eigenvalue weighted by molar-refractivity contribution is -0.141. The highest BCUT2D eigenvalue weighted by Crippen LogP contribution is 2.33. The van der Waals surface area contributed by atoms with Gasteiger partial charge < -0.3 is 14.2 Å². The van der Waals surface area contributed by atoms with Gasteiger partial charge in [0.1, 0.15) is 12.4 Å². The first-order valence-electron chi connectivity index (χ1n) is 8.64. The fraction of sp³-hybridized carbons (Fsp3) is 0.250. The fourth-order valence-corrected chi connectivity index (χ4v) is 3.78. The highest BCUT2D eigenvalue weighted by molar-refractivity contribution is 9.10. The van der Waals surface area contributed by atoms with Gasteiger partial charge in [0.25, 0.3) is 0 Å². The van der Waals surface area contributed by atoms with Crippen molar-refractivity contribution < 1.29 is 14.3 Å². The average molecular weight is 428 g/mol. The van der Waals surface area contributed by atoms with Gasteiger partial charge in [0.2, 0.25) is 5.91 Å². The van der Waals surface area contributed by atoms with E-state index in [1.165, 1.54) is 7.11 Å². The number of para-hydroxylation sites is 2. The van der Waals surface area contributed by atoms with E-state index in [-0.39, 0.29) is 24.3 Å². The Labute approximate surface area is 164 Å². The van der Waals surface area contributed by atoms with Crippen molar-refractivity contribution in [1.29, 1.82) is 0 Å². The second kappa shape index (κ2) is 7.15. The number of benzene rings is 2. The van der Waals surface area contributed by atoms with Crippen molar-refractivity contribution >= 4 is 44.5 Å². The molecule has 1 atom stereocenters. The van der Waals surface area contributed by atoms with Crippen molar-refractivity contribution in [2.75, 3.05) is 18.6 Å². The normalized spacial score (nSPS) is 16.9. The number of aromatic nitrogens is 2. The summed E-state index contributed by atoms with van der Waals surface area (Å²) >= 11 is 3.42. The van der Waals surface area contributed by atoms with Crippen molar-refractivity contribution in [3.05, 3.63) is 58.8 Å². The van der Waals surface area contributed by atoms with Gasteiger partial charge in [-0.1, -0.05) is 28.1 Å². The zero-order valence-corrected chi connectivity index (χ0v) is 16.3. The van der Waals surface area contributed by atoms with Crippen LogP contribution in [0.4, 0.5) is 5.69 Å². The molecule has 27 heavy (non-hydrogen) atoms. The number of rotatable bonds is 4. The van der Waals surface area contributed by atoms with Gasteiger partial charge >= 0.3 is 5.97 Å². The Morgan fingerprint density at radius 3 is 2.70 bits per heavy atom. The number of imidazole rings is 1. The zero-order chi connectivity index (χ0) is 19.0. The zero-order valence-electron chi connectivity index (χ0n) is 14.8. The molecule has 4 rings (SSSR count). The third kappa shape index (κ3) is 3.35. The van der Waals surface area contributed by atoms with Crippen molar-refractivity contribution in [3.63, 3.8) is 0 Å². The van der Waals surface area contributed by atoms with Crippen LogP contribution in [0.25, 0.3) is 11.0 Å². The van der Waals surface area contributed by atoms with E-state index >= 15 is 0 Å². The summed E-state index contributed by atoms with van der Waals surface area (Å²) < 4.78 is 7.68. The standard InChI is InChI=1S/C20H18BrN3O3/c1-27-19(26)12-24-17-5-3-2-4-16(17)22-20(24)13-10-18(25)23(11-13)15-8-6-14(21)7-9-15/h2-9,13H,10-12H2,1H3. The van der Waals surface area contributed by atoms with E-state index in [2.05, 4.69) is 15.9 Å². The molecule has 138 valence electrons. The summed E-state index contributed by atoms with van der Waals surface area (Å²) in [5.41, 5.74) is 2.54. The molecule has 0 aliphatic carbocycles. The molecule has 2 aromatic carbocycles. The Bertz CT molecular complexity index is 1010. The van der Waals surface area contributed by atoms with Crippen LogP contribution in [0.15, 0.2) is 53.0 Å². The first-order chi connectivity index (χ1) is 13.1. The van der Waals surface area contributed by atoms with Crippen LogP contribution >= 0.6 is 15.9 Å². The number of hydrogen-bond acceptors (Lipinski definition) is 4. The van der Waals surface area contributed by atoms with Crippen LogP contribution in [0.5, 0.6) is 0 Å². The first kappa shape index (κ1) is 17.7. The summed E-state index contributed by atoms with van der Waals surface area (Å²) in [6.07, 6.45) is 0.362. The maximum atomic E-state index is 12.6. The number of ether oxygens (including phenoxy) is 1. The Hall–Kier alpha value is -2.67. The molecular weight excluding hydrogens is 410 g/mol. The smallest absolute Gasteiger partial charge is 0.325 e. The monoisotopic (exact) mass is 427 g/mol. The maximum Gasteiger partial charge on any atom is 0.325 e. The molecule has 1 saturated heterocycles. The lowest BCUT2D eigenvalue weighted by Gasteiger charge is -2.17. The van der Waals surface area contributed by atoms with Gasteiger partial charge in [0.05, 0.1) is 18.1 Å². The number of carbonyl (C=O) groups is 2. The van der Waals surface area contributed by atoms with E-state index in [4.69, 9.17) is 9.72 Å². The van der Waals surface area contributed by atoms with Gasteiger partial charge in [-0.2, -0.15) is 0 Å². The number of methoxy groups -OCH3 is 1. The fourth-order valence-electron chi connectivity index (χ4n) is 3.52. The van der Waals surface area contributed by atoms with E-state index < -0.39 is 0 Å². The lowest BCUT2D eigenvalue weighted by Crippen LogP contribution is -2.24. The number of fused-ring (bicyclic) bond motifs is 1. The number of nitrogens with zero attached hydrogens (tertiary/aromatic N) is 3. The van der Waals surface area contributed by atoms with Crippen LogP contribution in [-0.2, 0) is 20.9 Å². The van der Waals surface area contributed by atoms with Gasteiger partial charge in [-0.05, 0) is 36.4 Å². The predicted molar refractivity (Wildman–Crippen MR) is 106 cm³/mol. The topological polar surface area (TPSA) is 64.4 Å². The van der Waals surface area contributed by atoms with E-state index in [1.807, 2.05) is 53.1 Å². The summed E-state index contributed by atoms with van der Waals surface area (Å²) in [6, 6.07) is 15.3. The number of esters is 1. The molecule has 0 spiro atoms. The minimum Gasteiger partial charge on any atom is -0.468 e. The summed E-state index contributed by atoms with van der Waals surface area (Å²) in [5, 5.41) is 0. The van der Waals surface area contributed by atoms with Gasteiger partial charge in [0.15, 0.2) is 0 Å². The van der Waals surface area contributed by atoms with Crippen LogP contribution in [0, 0.1) is 0 Å². The highest BCUT2D eigenvalue weighted by atomic mass is 79.9. The van der Waals surface area contributed by atoms with E-state index in [0.29, 0.717) is 13.0 Å². The van der Waals surface area contributed by atoms with E-state index in [9.17, 15) is 9.59 Å². The molecule has 1 fully saturated rings. The van der Waals surface area contributed by atoms with Crippen molar-refractivity contribution in [3.8, 4) is 0 Å². The Kier molecular flexibility index (Phi) is 4.70. The van der Waals surface area contributed by atoms with Crippen molar-refractivity contribution in [2.45, 2.75) is 18.9 Å². The van der Waals surface area contributed by atoms with Crippen LogP contribution in [0.1, 0.15) is 18.2 Å². The summed E-state index contributed by atoms with van der Waals surface area (Å²) in [4.78, 5) is 31.1. The molecule has 1 aromatic heterocycles. The summed E-state index contributed by atoms with van der Waals surface area (Å²) in [5.74, 6) is 0.375. The number of carbonyl (C=O) groups excluding carboxylic acids is 2. The van der Waals surface area contributed by atoms with Gasteiger partial charge in [-0.25, -0.2) is 4.98 Å². The number of amides is 1. The van der Waals surface area contributed by atoms with Crippen LogP contribution in [-0.4, -0.2) is 35.1 Å². The largest absolute Gasteiger partial charge is 0.468 e. The van der Waals surface area contributed by atoms with E-state index in [0.717, 1.165) is 27.0 Å². The Balaban J connectivity index is 1.70. The van der Waals surface area contributed by atoms with Crippen molar-refractivity contribution in [2.24, 2.45) is 0 Å². The molecule has 6 nitrogen and oxygen atoms in total. The quantitative estimate of drug-likeness (QED) is 0.597. The Morgan fingerprint density at radius 2 is 1.96 bits per heavy atom. The number of anilines is 1. The molecule has 1 unspecified atom stereocenters. The molecule has 1 amide bonds. The van der Waals surface area contributed by atoms with Gasteiger partial charge in [0, 0.05) is 29.0 Å². The van der Waals surface area contributed by atoms with Crippen molar-refractivity contribution in [1.82, 2.24) is 9.55 Å². The number of hydrogen-bond donors (Lipinski definition) is 0. The summed E-state index contributed by atoms with van der Waals surface area (Å²) in [7, 11) is 1.37. The average Bonchev–Trinajstić information content (AvgIpc) is 3.23. The second-order valence-corrected chi connectivity index (χ2v) is 7.42. The molecule has 2 heterocycles. The SMILES string of the molecule is COC(=O)Cn1c(C2CC(=O)N(c3ccc(Br)cc3)C2)nc2ccccc21. The molecule has 0 bridgehead atoms. The predicted octanol–water partition coefficient (Wildman–Crippen LogP) is 3.49. The third-order valence-corrected chi connectivity index (χ3v) is 5.36. The van der Waals surface area contributed by atoms with Crippen LogP contribution < -0.4 is 4.90 Å². The number of halogens is 1. The second-order valence-electron chi connectivity index (χ2n) is 6.50. The van der Waals surface area contributed by atoms with Crippen LogP contribution in [0.2, 0.25) is 0 Å². The molecule has 0 N–H and O–H groups in total. The third-order valence-electron chi connectivity index (χ3n) is 4.83. The molecule has 1 aliphatic rings. The molecule has 0 radical (unpaired) electrons. The summed E-state index contributed by atoms with van der Waals surface area (Å²) in [6.45, 7) is 0.611. The highest BCUT2D eigenvalue weighted by Gasteiger charge is 2.35. The minimum absolute atomic E-state index is 0.0546. The molecule has 0 saturated carbocycles. The van der Waals surface area contributed by atoms with Crippen LogP contribution in [0.3, 0.4) is 0 Å². The molecule has 7 heteroatoms. The lowest BCUT2D eigenvalue weighted by atomic mass is 10.1. The molecular formula is C20H18BrN3O3. The molecule has 1 aliphatic heterocycles. The maximum absolute atomic E-state index is 12.6.